The molecule has 20 heavy (non-hydrogen) atoms. The molecule has 0 fully saturated rings. The maximum Gasteiger partial charge on any atom is 0.132 e. The van der Waals surface area contributed by atoms with Crippen molar-refractivity contribution in [2.45, 2.75) is 20.0 Å². The van der Waals surface area contributed by atoms with Crippen molar-refractivity contribution in [2.75, 3.05) is 5.73 Å². The standard InChI is InChI=1S/C16H17BrN2O/c1-10(2)20-13-6-4-5-12(9-13)11(3)15-14(17)7-8-19-16(15)18/h4-10H,3H2,1-2H3,(H2,18,19). The van der Waals surface area contributed by atoms with Crippen LogP contribution in [0.4, 0.5) is 5.82 Å². The molecule has 104 valence electrons. The van der Waals surface area contributed by atoms with Crippen LogP contribution in [0.2, 0.25) is 0 Å². The van der Waals surface area contributed by atoms with E-state index >= 15 is 0 Å². The Labute approximate surface area is 127 Å². The summed E-state index contributed by atoms with van der Waals surface area (Å²) in [4.78, 5) is 4.11. The zero-order valence-corrected chi connectivity index (χ0v) is 13.1. The number of pyridine rings is 1. The maximum absolute atomic E-state index is 5.95. The smallest absolute Gasteiger partial charge is 0.132 e. The molecule has 0 bridgehead atoms. The minimum absolute atomic E-state index is 0.133. The number of halogens is 1. The van der Waals surface area contributed by atoms with Crippen molar-refractivity contribution in [3.63, 3.8) is 0 Å². The SMILES string of the molecule is C=C(c1cccc(OC(C)C)c1)c1c(Br)ccnc1N. The Kier molecular flexibility index (Phi) is 4.45. The highest BCUT2D eigenvalue weighted by Crippen LogP contribution is 2.32. The number of anilines is 1. The van der Waals surface area contributed by atoms with Crippen molar-refractivity contribution >= 4 is 27.3 Å². The van der Waals surface area contributed by atoms with Crippen LogP contribution in [0.15, 0.2) is 47.6 Å². The summed E-state index contributed by atoms with van der Waals surface area (Å²) in [6, 6.07) is 9.66. The summed E-state index contributed by atoms with van der Waals surface area (Å²) >= 11 is 3.49. The molecule has 3 nitrogen and oxygen atoms in total. The van der Waals surface area contributed by atoms with Crippen molar-refractivity contribution < 1.29 is 4.74 Å². The van der Waals surface area contributed by atoms with E-state index in [2.05, 4.69) is 27.5 Å². The fourth-order valence-corrected chi connectivity index (χ4v) is 2.49. The number of nitrogen functional groups attached to an aromatic ring is 1. The van der Waals surface area contributed by atoms with Crippen LogP contribution in [-0.4, -0.2) is 11.1 Å². The Bertz CT molecular complexity index is 618. The average Bonchev–Trinajstić information content (AvgIpc) is 2.38. The zero-order valence-electron chi connectivity index (χ0n) is 11.6. The number of benzene rings is 1. The molecule has 0 amide bonds. The van der Waals surface area contributed by atoms with E-state index in [0.29, 0.717) is 5.82 Å². The van der Waals surface area contributed by atoms with Gasteiger partial charge in [-0.05, 0) is 59.1 Å². The lowest BCUT2D eigenvalue weighted by Gasteiger charge is -2.14. The molecular weight excluding hydrogens is 316 g/mol. The first-order valence-electron chi connectivity index (χ1n) is 6.35. The molecule has 4 heteroatoms. The van der Waals surface area contributed by atoms with Crippen LogP contribution in [0.3, 0.4) is 0 Å². The van der Waals surface area contributed by atoms with Crippen LogP contribution in [0, 0.1) is 0 Å². The Balaban J connectivity index is 2.39. The van der Waals surface area contributed by atoms with Gasteiger partial charge < -0.3 is 10.5 Å². The van der Waals surface area contributed by atoms with Gasteiger partial charge in [0.25, 0.3) is 0 Å². The predicted octanol–water partition coefficient (Wildman–Crippen LogP) is 4.28. The quantitative estimate of drug-likeness (QED) is 0.909. The third-order valence-electron chi connectivity index (χ3n) is 2.79. The number of hydrogen-bond acceptors (Lipinski definition) is 3. The van der Waals surface area contributed by atoms with Gasteiger partial charge in [0.1, 0.15) is 11.6 Å². The van der Waals surface area contributed by atoms with Gasteiger partial charge in [0.15, 0.2) is 0 Å². The summed E-state index contributed by atoms with van der Waals surface area (Å²) in [6.07, 6.45) is 1.79. The van der Waals surface area contributed by atoms with Crippen LogP contribution < -0.4 is 10.5 Å². The summed E-state index contributed by atoms with van der Waals surface area (Å²) in [5, 5.41) is 0. The third-order valence-corrected chi connectivity index (χ3v) is 3.45. The van der Waals surface area contributed by atoms with Crippen LogP contribution in [0.1, 0.15) is 25.0 Å². The Morgan fingerprint density at radius 2 is 2.10 bits per heavy atom. The van der Waals surface area contributed by atoms with E-state index in [4.69, 9.17) is 10.5 Å². The topological polar surface area (TPSA) is 48.1 Å². The number of rotatable bonds is 4. The molecule has 2 N–H and O–H groups in total. The first-order valence-corrected chi connectivity index (χ1v) is 7.14. The van der Waals surface area contributed by atoms with Gasteiger partial charge in [-0.2, -0.15) is 0 Å². The molecule has 2 rings (SSSR count). The summed E-state index contributed by atoms with van der Waals surface area (Å²) in [7, 11) is 0. The molecule has 0 aliphatic rings. The molecule has 0 saturated carbocycles. The second kappa shape index (κ2) is 6.09. The minimum Gasteiger partial charge on any atom is -0.491 e. The molecule has 1 heterocycles. The van der Waals surface area contributed by atoms with Gasteiger partial charge in [0.2, 0.25) is 0 Å². The molecule has 0 unspecified atom stereocenters. The number of hydrogen-bond donors (Lipinski definition) is 1. The van der Waals surface area contributed by atoms with Crippen molar-refractivity contribution in [3.05, 3.63) is 58.7 Å². The molecule has 2 aromatic rings. The highest BCUT2D eigenvalue weighted by Gasteiger charge is 2.12. The number of ether oxygens (including phenoxy) is 1. The lowest BCUT2D eigenvalue weighted by molar-refractivity contribution is 0.242. The number of nitrogens with zero attached hydrogens (tertiary/aromatic N) is 1. The highest BCUT2D eigenvalue weighted by molar-refractivity contribution is 9.10. The zero-order chi connectivity index (χ0) is 14.7. The van der Waals surface area contributed by atoms with Crippen LogP contribution in [0.25, 0.3) is 5.57 Å². The minimum atomic E-state index is 0.133. The Morgan fingerprint density at radius 1 is 1.35 bits per heavy atom. The predicted molar refractivity (Wildman–Crippen MR) is 86.7 cm³/mol. The van der Waals surface area contributed by atoms with Gasteiger partial charge in [0, 0.05) is 16.2 Å². The first-order chi connectivity index (χ1) is 9.49. The average molecular weight is 333 g/mol. The van der Waals surface area contributed by atoms with Gasteiger partial charge in [-0.3, -0.25) is 0 Å². The molecule has 0 aliphatic carbocycles. The summed E-state index contributed by atoms with van der Waals surface area (Å²) in [5.41, 5.74) is 8.54. The number of nitrogens with two attached hydrogens (primary N) is 1. The molecule has 0 radical (unpaired) electrons. The van der Waals surface area contributed by atoms with E-state index in [9.17, 15) is 0 Å². The first kappa shape index (κ1) is 14.6. The third kappa shape index (κ3) is 3.20. The van der Waals surface area contributed by atoms with Gasteiger partial charge in [-0.15, -0.1) is 0 Å². The highest BCUT2D eigenvalue weighted by atomic mass is 79.9. The van der Waals surface area contributed by atoms with Crippen molar-refractivity contribution in [2.24, 2.45) is 0 Å². The monoisotopic (exact) mass is 332 g/mol. The maximum atomic E-state index is 5.95. The molecule has 0 aliphatic heterocycles. The van der Waals surface area contributed by atoms with Crippen molar-refractivity contribution in [1.82, 2.24) is 4.98 Å². The van der Waals surface area contributed by atoms with E-state index < -0.39 is 0 Å². The summed E-state index contributed by atoms with van der Waals surface area (Å²) in [6.45, 7) is 8.13. The molecule has 1 aromatic carbocycles. The lowest BCUT2D eigenvalue weighted by atomic mass is 10.00. The molecular formula is C16H17BrN2O. The van der Waals surface area contributed by atoms with E-state index in [1.165, 1.54) is 0 Å². The number of aromatic nitrogens is 1. The van der Waals surface area contributed by atoms with E-state index in [1.807, 2.05) is 44.2 Å². The Morgan fingerprint density at radius 3 is 2.75 bits per heavy atom. The molecule has 0 atom stereocenters. The normalized spacial score (nSPS) is 10.6. The second-order valence-electron chi connectivity index (χ2n) is 4.73. The van der Waals surface area contributed by atoms with Crippen molar-refractivity contribution in [3.8, 4) is 5.75 Å². The van der Waals surface area contributed by atoms with Gasteiger partial charge in [-0.25, -0.2) is 4.98 Å². The summed E-state index contributed by atoms with van der Waals surface area (Å²) in [5.74, 6) is 1.27. The lowest BCUT2D eigenvalue weighted by Crippen LogP contribution is -2.05. The second-order valence-corrected chi connectivity index (χ2v) is 5.58. The van der Waals surface area contributed by atoms with E-state index in [-0.39, 0.29) is 6.10 Å². The molecule has 1 aromatic heterocycles. The molecule has 0 spiro atoms. The van der Waals surface area contributed by atoms with Crippen LogP contribution >= 0.6 is 15.9 Å². The summed E-state index contributed by atoms with van der Waals surface area (Å²) < 4.78 is 6.58. The van der Waals surface area contributed by atoms with E-state index in [0.717, 1.165) is 26.9 Å². The largest absolute Gasteiger partial charge is 0.491 e. The molecule has 0 saturated heterocycles. The fourth-order valence-electron chi connectivity index (χ4n) is 1.93. The van der Waals surface area contributed by atoms with Gasteiger partial charge >= 0.3 is 0 Å². The van der Waals surface area contributed by atoms with E-state index in [1.54, 1.807) is 6.20 Å². The van der Waals surface area contributed by atoms with Crippen molar-refractivity contribution in [1.29, 1.82) is 0 Å². The van der Waals surface area contributed by atoms with Gasteiger partial charge in [0.05, 0.1) is 6.10 Å². The van der Waals surface area contributed by atoms with Crippen LogP contribution in [-0.2, 0) is 0 Å². The fraction of sp³-hybridized carbons (Fsp3) is 0.188. The van der Waals surface area contributed by atoms with Crippen LogP contribution in [0.5, 0.6) is 5.75 Å². The Hall–Kier alpha value is -1.81. The van der Waals surface area contributed by atoms with Gasteiger partial charge in [-0.1, -0.05) is 18.7 Å².